The Bertz CT molecular complexity index is 2780. The third-order valence-electron chi connectivity index (χ3n) is 9.82. The number of benzene rings is 9. The highest BCUT2D eigenvalue weighted by Gasteiger charge is 2.17. The molecule has 1 aromatic heterocycles. The fourth-order valence-corrected chi connectivity index (χ4v) is 8.91. The van der Waals surface area contributed by atoms with Crippen LogP contribution in [0.25, 0.3) is 96.6 Å². The molecule has 0 fully saturated rings. The first-order valence-electron chi connectivity index (χ1n) is 16.2. The number of fused-ring (bicyclic) bond motifs is 8. The highest BCUT2D eigenvalue weighted by atomic mass is 32.1. The fourth-order valence-electron chi connectivity index (χ4n) is 7.75. The number of rotatable bonds is 3. The molecule has 0 spiro atoms. The molecule has 9 aromatic carbocycles. The lowest BCUT2D eigenvalue weighted by Gasteiger charge is -2.18. The highest BCUT2D eigenvalue weighted by molar-refractivity contribution is 7.26. The van der Waals surface area contributed by atoms with Gasteiger partial charge in [-0.1, -0.05) is 146 Å². The Kier molecular flexibility index (Phi) is 5.85. The van der Waals surface area contributed by atoms with E-state index in [-0.39, 0.29) is 0 Å². The second-order valence-corrected chi connectivity index (χ2v) is 13.5. The van der Waals surface area contributed by atoms with Gasteiger partial charge in [0.15, 0.2) is 0 Å². The van der Waals surface area contributed by atoms with Crippen molar-refractivity contribution in [3.05, 3.63) is 170 Å². The van der Waals surface area contributed by atoms with Gasteiger partial charge in [-0.15, -0.1) is 11.3 Å². The molecule has 0 nitrogen and oxygen atoms in total. The summed E-state index contributed by atoms with van der Waals surface area (Å²) in [6.07, 6.45) is 0. The zero-order valence-electron chi connectivity index (χ0n) is 25.6. The van der Waals surface area contributed by atoms with Gasteiger partial charge in [-0.2, -0.15) is 0 Å². The lowest BCUT2D eigenvalue weighted by Crippen LogP contribution is -1.91. The Morgan fingerprint density at radius 2 is 0.787 bits per heavy atom. The molecule has 0 atom stereocenters. The molecule has 10 rings (SSSR count). The maximum Gasteiger partial charge on any atom is 0.0368 e. The summed E-state index contributed by atoms with van der Waals surface area (Å²) in [6.45, 7) is 0. The summed E-state index contributed by atoms with van der Waals surface area (Å²) in [5, 5.41) is 13.0. The summed E-state index contributed by atoms with van der Waals surface area (Å²) in [5.41, 5.74) is 7.63. The van der Waals surface area contributed by atoms with Crippen LogP contribution in [0.15, 0.2) is 170 Å². The van der Waals surface area contributed by atoms with Gasteiger partial charge >= 0.3 is 0 Å². The van der Waals surface area contributed by atoms with E-state index in [0.29, 0.717) is 0 Å². The molecule has 0 unspecified atom stereocenters. The summed E-state index contributed by atoms with van der Waals surface area (Å²) >= 11 is 1.89. The van der Waals surface area contributed by atoms with Crippen molar-refractivity contribution >= 4 is 74.6 Å². The van der Waals surface area contributed by atoms with Gasteiger partial charge in [0.05, 0.1) is 0 Å². The molecule has 0 aliphatic heterocycles. The minimum absolute atomic E-state index is 1.24. The van der Waals surface area contributed by atoms with E-state index >= 15 is 0 Å². The third-order valence-corrected chi connectivity index (χ3v) is 10.9. The zero-order valence-corrected chi connectivity index (χ0v) is 26.4. The summed E-state index contributed by atoms with van der Waals surface area (Å²) in [6, 6.07) is 62.7. The van der Waals surface area contributed by atoms with Crippen LogP contribution in [0.1, 0.15) is 0 Å². The predicted molar refractivity (Wildman–Crippen MR) is 206 cm³/mol. The largest absolute Gasteiger partial charge is 0.135 e. The van der Waals surface area contributed by atoms with Crippen molar-refractivity contribution in [3.63, 3.8) is 0 Å². The third kappa shape index (κ3) is 4.07. The van der Waals surface area contributed by atoms with Crippen LogP contribution in [0.5, 0.6) is 0 Å². The predicted octanol–water partition coefficient (Wildman–Crippen LogP) is 13.7. The second-order valence-electron chi connectivity index (χ2n) is 12.4. The van der Waals surface area contributed by atoms with Gasteiger partial charge in [0, 0.05) is 20.2 Å². The standard InChI is InChI=1S/C46H28S/c1-2-12-29(13-3-1)44-36-16-6-8-18-38(36)45(39-19-9-7-17-37(39)44)33-25-23-30-26-32(24-22-31(30)27-33)41-28-43-46(35-15-5-4-14-34(35)41)40-20-10-11-21-42(40)47-43/h1-28H. The van der Waals surface area contributed by atoms with Crippen LogP contribution in [-0.4, -0.2) is 0 Å². The van der Waals surface area contributed by atoms with Crippen molar-refractivity contribution in [1.82, 2.24) is 0 Å². The quantitative estimate of drug-likeness (QED) is 0.174. The first-order chi connectivity index (χ1) is 23.3. The minimum atomic E-state index is 1.24. The lowest BCUT2D eigenvalue weighted by molar-refractivity contribution is 1.66. The average Bonchev–Trinajstić information content (AvgIpc) is 3.52. The van der Waals surface area contributed by atoms with Crippen LogP contribution in [0.2, 0.25) is 0 Å². The van der Waals surface area contributed by atoms with Crippen molar-refractivity contribution in [2.24, 2.45) is 0 Å². The number of hydrogen-bond donors (Lipinski definition) is 0. The van der Waals surface area contributed by atoms with E-state index in [0.717, 1.165) is 0 Å². The van der Waals surface area contributed by atoms with Crippen LogP contribution in [0, 0.1) is 0 Å². The zero-order chi connectivity index (χ0) is 30.9. The van der Waals surface area contributed by atoms with Crippen molar-refractivity contribution in [2.45, 2.75) is 0 Å². The summed E-state index contributed by atoms with van der Waals surface area (Å²) in [5.74, 6) is 0. The van der Waals surface area contributed by atoms with E-state index in [1.165, 1.54) is 96.6 Å². The van der Waals surface area contributed by atoms with Gasteiger partial charge in [-0.25, -0.2) is 0 Å². The van der Waals surface area contributed by atoms with Crippen molar-refractivity contribution in [3.8, 4) is 33.4 Å². The summed E-state index contributed by atoms with van der Waals surface area (Å²) < 4.78 is 2.68. The van der Waals surface area contributed by atoms with E-state index in [4.69, 9.17) is 0 Å². The molecule has 1 heterocycles. The molecule has 0 aliphatic rings. The molecule has 0 amide bonds. The van der Waals surface area contributed by atoms with Crippen molar-refractivity contribution in [2.75, 3.05) is 0 Å². The molecule has 0 N–H and O–H groups in total. The smallest absolute Gasteiger partial charge is 0.0368 e. The van der Waals surface area contributed by atoms with Crippen molar-refractivity contribution in [1.29, 1.82) is 0 Å². The Morgan fingerprint density at radius 3 is 1.45 bits per heavy atom. The Hall–Kier alpha value is -5.76. The molecular weight excluding hydrogens is 585 g/mol. The van der Waals surface area contributed by atoms with E-state index in [1.54, 1.807) is 0 Å². The van der Waals surface area contributed by atoms with E-state index < -0.39 is 0 Å². The summed E-state index contributed by atoms with van der Waals surface area (Å²) in [4.78, 5) is 0. The van der Waals surface area contributed by atoms with Crippen LogP contribution in [0.3, 0.4) is 0 Å². The molecule has 218 valence electrons. The van der Waals surface area contributed by atoms with Gasteiger partial charge in [-0.05, 0) is 101 Å². The first kappa shape index (κ1) is 26.5. The highest BCUT2D eigenvalue weighted by Crippen LogP contribution is 2.45. The van der Waals surface area contributed by atoms with Crippen molar-refractivity contribution < 1.29 is 0 Å². The Labute approximate surface area is 276 Å². The molecule has 0 bridgehead atoms. The second kappa shape index (κ2) is 10.4. The lowest BCUT2D eigenvalue weighted by atomic mass is 9.85. The van der Waals surface area contributed by atoms with E-state index in [1.807, 2.05) is 11.3 Å². The molecule has 0 saturated carbocycles. The molecule has 10 aromatic rings. The van der Waals surface area contributed by atoms with E-state index in [9.17, 15) is 0 Å². The van der Waals surface area contributed by atoms with E-state index in [2.05, 4.69) is 170 Å². The maximum atomic E-state index is 2.41. The van der Waals surface area contributed by atoms with Gasteiger partial charge < -0.3 is 0 Å². The molecule has 47 heavy (non-hydrogen) atoms. The fraction of sp³-hybridized carbons (Fsp3) is 0. The van der Waals surface area contributed by atoms with Gasteiger partial charge in [0.2, 0.25) is 0 Å². The SMILES string of the molecule is c1ccc(-c2c3ccccc3c(-c3ccc4cc(-c5cc6sc7ccccc7c6c6ccccc56)ccc4c3)c3ccccc23)cc1. The van der Waals surface area contributed by atoms with Gasteiger partial charge in [-0.3, -0.25) is 0 Å². The minimum Gasteiger partial charge on any atom is -0.135 e. The molecule has 0 saturated heterocycles. The number of thiophene rings is 1. The normalized spacial score (nSPS) is 11.8. The Morgan fingerprint density at radius 1 is 0.298 bits per heavy atom. The van der Waals surface area contributed by atoms with Crippen LogP contribution >= 0.6 is 11.3 Å². The van der Waals surface area contributed by atoms with Crippen LogP contribution in [0.4, 0.5) is 0 Å². The molecule has 0 radical (unpaired) electrons. The average molecular weight is 613 g/mol. The topological polar surface area (TPSA) is 0 Å². The van der Waals surface area contributed by atoms with Gasteiger partial charge in [0.25, 0.3) is 0 Å². The van der Waals surface area contributed by atoms with Crippen LogP contribution < -0.4 is 0 Å². The Balaban J connectivity index is 1.17. The molecular formula is C46H28S. The summed E-state index contributed by atoms with van der Waals surface area (Å²) in [7, 11) is 0. The van der Waals surface area contributed by atoms with Gasteiger partial charge in [0.1, 0.15) is 0 Å². The monoisotopic (exact) mass is 612 g/mol. The number of hydrogen-bond acceptors (Lipinski definition) is 1. The first-order valence-corrected chi connectivity index (χ1v) is 17.0. The maximum absolute atomic E-state index is 2.41. The van der Waals surface area contributed by atoms with Crippen LogP contribution in [-0.2, 0) is 0 Å². The molecule has 0 aliphatic carbocycles. The molecule has 1 heteroatoms.